The number of aromatic nitrogens is 4. The molecule has 5 rings (SSSR count). The summed E-state index contributed by atoms with van der Waals surface area (Å²) in [4.78, 5) is 28.5. The second-order valence-corrected chi connectivity index (χ2v) is 7.06. The standard InChI is InChI=1S/C25H18N4O3/c1-16(30)18-8-2-3-10-22(18)32-24-14-21-20(13-23(24)31-17-7-6-11-26-15-17)28-25(29-21)19-9-4-5-12-27-19/h2-15H,1H3,(H,28,29). The maximum absolute atomic E-state index is 12.1. The summed E-state index contributed by atoms with van der Waals surface area (Å²) in [5, 5.41) is 0. The number of benzene rings is 2. The third kappa shape index (κ3) is 3.91. The molecule has 32 heavy (non-hydrogen) atoms. The lowest BCUT2D eigenvalue weighted by Gasteiger charge is -2.14. The van der Waals surface area contributed by atoms with Crippen LogP contribution in [0.2, 0.25) is 0 Å². The van der Waals surface area contributed by atoms with E-state index in [1.807, 2.05) is 30.3 Å². The van der Waals surface area contributed by atoms with Crippen LogP contribution in [-0.2, 0) is 0 Å². The summed E-state index contributed by atoms with van der Waals surface area (Å²) in [6.07, 6.45) is 5.00. The van der Waals surface area contributed by atoms with Gasteiger partial charge >= 0.3 is 0 Å². The highest BCUT2D eigenvalue weighted by molar-refractivity contribution is 5.97. The van der Waals surface area contributed by atoms with Crippen molar-refractivity contribution in [2.24, 2.45) is 0 Å². The fourth-order valence-corrected chi connectivity index (χ4v) is 3.30. The highest BCUT2D eigenvalue weighted by Crippen LogP contribution is 2.39. The second kappa shape index (κ2) is 8.31. The Bertz CT molecular complexity index is 1400. The number of ether oxygens (including phenoxy) is 2. The number of hydrogen-bond acceptors (Lipinski definition) is 6. The monoisotopic (exact) mass is 422 g/mol. The van der Waals surface area contributed by atoms with Gasteiger partial charge in [-0.1, -0.05) is 18.2 Å². The number of rotatable bonds is 6. The van der Waals surface area contributed by atoms with Crippen LogP contribution >= 0.6 is 0 Å². The number of imidazole rings is 1. The first kappa shape index (κ1) is 19.4. The van der Waals surface area contributed by atoms with Gasteiger partial charge in [0.25, 0.3) is 0 Å². The SMILES string of the molecule is CC(=O)c1ccccc1Oc1cc2nc(-c3ccccn3)[nH]c2cc1Oc1cccnc1. The maximum Gasteiger partial charge on any atom is 0.172 e. The number of carbonyl (C=O) groups excluding carboxylic acids is 1. The fourth-order valence-electron chi connectivity index (χ4n) is 3.30. The molecule has 0 spiro atoms. The molecule has 7 nitrogen and oxygen atoms in total. The van der Waals surface area contributed by atoms with Gasteiger partial charge in [0, 0.05) is 24.5 Å². The van der Waals surface area contributed by atoms with Crippen molar-refractivity contribution in [3.8, 4) is 34.5 Å². The van der Waals surface area contributed by atoms with Gasteiger partial charge in [0.05, 0.1) is 22.8 Å². The Hall–Kier alpha value is -4.52. The Morgan fingerprint density at radius 3 is 2.50 bits per heavy atom. The minimum Gasteiger partial charge on any atom is -0.453 e. The van der Waals surface area contributed by atoms with E-state index in [-0.39, 0.29) is 5.78 Å². The number of nitrogens with one attached hydrogen (secondary N) is 1. The Balaban J connectivity index is 1.62. The summed E-state index contributed by atoms with van der Waals surface area (Å²) < 4.78 is 12.2. The van der Waals surface area contributed by atoms with Crippen LogP contribution in [0.5, 0.6) is 23.0 Å². The van der Waals surface area contributed by atoms with Crippen LogP contribution in [0.15, 0.2) is 85.3 Å². The molecule has 1 N–H and O–H groups in total. The average Bonchev–Trinajstić information content (AvgIpc) is 3.23. The molecule has 0 amide bonds. The number of nitrogens with zero attached hydrogens (tertiary/aromatic N) is 3. The lowest BCUT2D eigenvalue weighted by Crippen LogP contribution is -1.98. The van der Waals surface area contributed by atoms with Crippen LogP contribution in [0.25, 0.3) is 22.6 Å². The zero-order chi connectivity index (χ0) is 21.9. The third-order valence-corrected chi connectivity index (χ3v) is 4.80. The predicted molar refractivity (Wildman–Crippen MR) is 120 cm³/mol. The van der Waals surface area contributed by atoms with Gasteiger partial charge in [-0.3, -0.25) is 14.8 Å². The first-order valence-corrected chi connectivity index (χ1v) is 9.98. The van der Waals surface area contributed by atoms with E-state index in [9.17, 15) is 4.79 Å². The van der Waals surface area contributed by atoms with E-state index in [1.165, 1.54) is 6.92 Å². The molecule has 0 saturated heterocycles. The van der Waals surface area contributed by atoms with Crippen molar-refractivity contribution < 1.29 is 14.3 Å². The van der Waals surface area contributed by atoms with Crippen molar-refractivity contribution in [3.63, 3.8) is 0 Å². The number of Topliss-reactive ketones (excluding diaryl/α,β-unsaturated/α-hetero) is 1. The second-order valence-electron chi connectivity index (χ2n) is 7.06. The van der Waals surface area contributed by atoms with E-state index in [0.29, 0.717) is 39.9 Å². The molecular weight excluding hydrogens is 404 g/mol. The first-order valence-electron chi connectivity index (χ1n) is 9.98. The van der Waals surface area contributed by atoms with E-state index in [2.05, 4.69) is 19.9 Å². The number of hydrogen-bond donors (Lipinski definition) is 1. The fraction of sp³-hybridized carbons (Fsp3) is 0.0400. The Labute approximate surface area is 183 Å². The lowest BCUT2D eigenvalue weighted by molar-refractivity contribution is 0.101. The molecule has 7 heteroatoms. The number of H-pyrrole nitrogens is 1. The highest BCUT2D eigenvalue weighted by atomic mass is 16.5. The number of aromatic amines is 1. The lowest BCUT2D eigenvalue weighted by atomic mass is 10.1. The zero-order valence-corrected chi connectivity index (χ0v) is 17.1. The van der Waals surface area contributed by atoms with Gasteiger partial charge < -0.3 is 14.5 Å². The van der Waals surface area contributed by atoms with Gasteiger partial charge in [-0.05, 0) is 43.3 Å². The molecule has 0 aliphatic rings. The van der Waals surface area contributed by atoms with Gasteiger partial charge in [0.1, 0.15) is 17.2 Å². The molecule has 0 radical (unpaired) electrons. The molecule has 0 unspecified atom stereocenters. The van der Waals surface area contributed by atoms with Gasteiger partial charge in [-0.25, -0.2) is 4.98 Å². The summed E-state index contributed by atoms with van der Waals surface area (Å²) in [6, 6.07) is 19.9. The number of pyridine rings is 2. The highest BCUT2D eigenvalue weighted by Gasteiger charge is 2.16. The number of fused-ring (bicyclic) bond motifs is 1. The van der Waals surface area contributed by atoms with Crippen LogP contribution in [0, 0.1) is 0 Å². The minimum atomic E-state index is -0.0892. The van der Waals surface area contributed by atoms with Crippen LogP contribution in [0.4, 0.5) is 0 Å². The molecule has 0 atom stereocenters. The summed E-state index contributed by atoms with van der Waals surface area (Å²) in [6.45, 7) is 1.51. The maximum atomic E-state index is 12.1. The quantitative estimate of drug-likeness (QED) is 0.348. The Kier molecular flexibility index (Phi) is 5.05. The van der Waals surface area contributed by atoms with Gasteiger partial charge in [-0.2, -0.15) is 0 Å². The number of ketones is 1. The van der Waals surface area contributed by atoms with Crippen molar-refractivity contribution in [2.75, 3.05) is 0 Å². The third-order valence-electron chi connectivity index (χ3n) is 4.80. The summed E-state index contributed by atoms with van der Waals surface area (Å²) >= 11 is 0. The van der Waals surface area contributed by atoms with Gasteiger partial charge in [-0.15, -0.1) is 0 Å². The largest absolute Gasteiger partial charge is 0.453 e. The normalized spacial score (nSPS) is 10.8. The van der Waals surface area contributed by atoms with Crippen molar-refractivity contribution >= 4 is 16.8 Å². The molecular formula is C25H18N4O3. The zero-order valence-electron chi connectivity index (χ0n) is 17.1. The number of carbonyl (C=O) groups is 1. The van der Waals surface area contributed by atoms with Crippen LogP contribution in [-0.4, -0.2) is 25.7 Å². The Morgan fingerprint density at radius 1 is 0.875 bits per heavy atom. The summed E-state index contributed by atoms with van der Waals surface area (Å²) in [5.74, 6) is 2.42. The Morgan fingerprint density at radius 2 is 1.72 bits per heavy atom. The molecule has 3 heterocycles. The molecule has 0 bridgehead atoms. The van der Waals surface area contributed by atoms with Crippen LogP contribution in [0.3, 0.4) is 0 Å². The number of para-hydroxylation sites is 1. The molecule has 3 aromatic heterocycles. The first-order chi connectivity index (χ1) is 15.7. The molecule has 5 aromatic rings. The van der Waals surface area contributed by atoms with Crippen molar-refractivity contribution in [1.82, 2.24) is 19.9 Å². The van der Waals surface area contributed by atoms with Crippen molar-refractivity contribution in [1.29, 1.82) is 0 Å². The van der Waals surface area contributed by atoms with Gasteiger partial charge in [0.2, 0.25) is 0 Å². The molecule has 0 fully saturated rings. The van der Waals surface area contributed by atoms with E-state index < -0.39 is 0 Å². The van der Waals surface area contributed by atoms with Crippen molar-refractivity contribution in [2.45, 2.75) is 6.92 Å². The molecule has 2 aromatic carbocycles. The predicted octanol–water partition coefficient (Wildman–Crippen LogP) is 5.81. The van der Waals surface area contributed by atoms with Crippen LogP contribution < -0.4 is 9.47 Å². The minimum absolute atomic E-state index is 0.0892. The molecule has 156 valence electrons. The van der Waals surface area contributed by atoms with Crippen LogP contribution in [0.1, 0.15) is 17.3 Å². The summed E-state index contributed by atoms with van der Waals surface area (Å²) in [7, 11) is 0. The topological polar surface area (TPSA) is 90.0 Å². The van der Waals surface area contributed by atoms with E-state index in [0.717, 1.165) is 11.2 Å². The smallest absolute Gasteiger partial charge is 0.172 e. The summed E-state index contributed by atoms with van der Waals surface area (Å²) in [5.41, 5.74) is 2.65. The molecule has 0 aliphatic heterocycles. The molecule has 0 saturated carbocycles. The van der Waals surface area contributed by atoms with E-state index in [4.69, 9.17) is 9.47 Å². The average molecular weight is 422 g/mol. The van der Waals surface area contributed by atoms with E-state index >= 15 is 0 Å². The van der Waals surface area contributed by atoms with E-state index in [1.54, 1.807) is 55.0 Å². The van der Waals surface area contributed by atoms with Crippen molar-refractivity contribution in [3.05, 3.63) is 90.9 Å². The molecule has 0 aliphatic carbocycles. The van der Waals surface area contributed by atoms with Gasteiger partial charge in [0.15, 0.2) is 23.1 Å².